The lowest BCUT2D eigenvalue weighted by molar-refractivity contribution is 0.120. The van der Waals surface area contributed by atoms with Gasteiger partial charge in [0.25, 0.3) is 0 Å². The van der Waals surface area contributed by atoms with Crippen LogP contribution in [0.25, 0.3) is 16.8 Å². The Bertz CT molecular complexity index is 995. The molecule has 1 aliphatic heterocycles. The highest BCUT2D eigenvalue weighted by Crippen LogP contribution is 2.35. The minimum absolute atomic E-state index is 0.215. The van der Waals surface area contributed by atoms with Crippen molar-refractivity contribution in [3.8, 4) is 22.6 Å². The van der Waals surface area contributed by atoms with Gasteiger partial charge < -0.3 is 19.5 Å². The second-order valence-electron chi connectivity index (χ2n) is 6.88. The van der Waals surface area contributed by atoms with Crippen molar-refractivity contribution >= 4 is 11.6 Å². The molecule has 1 aliphatic rings. The van der Waals surface area contributed by atoms with Crippen LogP contribution in [0.15, 0.2) is 18.2 Å². The van der Waals surface area contributed by atoms with E-state index < -0.39 is 0 Å². The molecule has 2 aromatic heterocycles. The Kier molecular flexibility index (Phi) is 5.04. The fourth-order valence-corrected chi connectivity index (χ4v) is 3.60. The number of ether oxygens (including phenoxy) is 3. The summed E-state index contributed by atoms with van der Waals surface area (Å²) in [6.07, 6.45) is 2.39. The summed E-state index contributed by atoms with van der Waals surface area (Å²) in [5.74, 6) is 2.71. The largest absolute Gasteiger partial charge is 0.493 e. The molecule has 8 nitrogen and oxygen atoms in total. The van der Waals surface area contributed by atoms with E-state index in [2.05, 4.69) is 15.3 Å². The smallest absolute Gasteiger partial charge is 0.227 e. The molecule has 1 fully saturated rings. The van der Waals surface area contributed by atoms with Crippen molar-refractivity contribution in [2.45, 2.75) is 32.8 Å². The van der Waals surface area contributed by atoms with Crippen LogP contribution in [0, 0.1) is 13.8 Å². The highest BCUT2D eigenvalue weighted by atomic mass is 16.5. The lowest BCUT2D eigenvalue weighted by Gasteiger charge is -2.12. The number of aromatic nitrogens is 4. The summed E-state index contributed by atoms with van der Waals surface area (Å²) < 4.78 is 18.3. The summed E-state index contributed by atoms with van der Waals surface area (Å²) in [6.45, 7) is 5.39. The Morgan fingerprint density at radius 1 is 1.18 bits per heavy atom. The maximum absolute atomic E-state index is 5.70. The molecule has 1 saturated heterocycles. The molecule has 0 spiro atoms. The number of hydrogen-bond donors (Lipinski definition) is 1. The molecule has 1 N–H and O–H groups in total. The number of fused-ring (bicyclic) bond motifs is 1. The molecule has 1 unspecified atom stereocenters. The number of methoxy groups -OCH3 is 2. The molecule has 3 aromatic rings. The van der Waals surface area contributed by atoms with Crippen LogP contribution in [-0.4, -0.2) is 53.1 Å². The molecular weight excluding hydrogens is 358 g/mol. The SMILES string of the molecule is COc1ccc(-c2c(C)nn3c(NCC4CCCO4)nc(C)nc23)cc1OC. The lowest BCUT2D eigenvalue weighted by Crippen LogP contribution is -2.21. The van der Waals surface area contributed by atoms with E-state index in [9.17, 15) is 0 Å². The van der Waals surface area contributed by atoms with Gasteiger partial charge >= 0.3 is 0 Å². The Morgan fingerprint density at radius 3 is 2.71 bits per heavy atom. The first kappa shape index (κ1) is 18.5. The van der Waals surface area contributed by atoms with Crippen LogP contribution in [0.5, 0.6) is 11.5 Å². The Balaban J connectivity index is 1.76. The van der Waals surface area contributed by atoms with Gasteiger partial charge in [0.2, 0.25) is 5.95 Å². The fourth-order valence-electron chi connectivity index (χ4n) is 3.60. The van der Waals surface area contributed by atoms with E-state index in [1.807, 2.05) is 32.0 Å². The van der Waals surface area contributed by atoms with Gasteiger partial charge in [-0.1, -0.05) is 6.07 Å². The average molecular weight is 383 g/mol. The average Bonchev–Trinajstić information content (AvgIpc) is 3.32. The molecule has 0 saturated carbocycles. The normalized spacial score (nSPS) is 16.5. The topological polar surface area (TPSA) is 82.8 Å². The van der Waals surface area contributed by atoms with E-state index in [0.717, 1.165) is 41.9 Å². The third-order valence-corrected chi connectivity index (χ3v) is 4.96. The number of anilines is 1. The first-order chi connectivity index (χ1) is 13.6. The monoisotopic (exact) mass is 383 g/mol. The van der Waals surface area contributed by atoms with Gasteiger partial charge in [0.15, 0.2) is 17.1 Å². The zero-order chi connectivity index (χ0) is 19.7. The summed E-state index contributed by atoms with van der Waals surface area (Å²) in [5.41, 5.74) is 3.54. The van der Waals surface area contributed by atoms with E-state index >= 15 is 0 Å². The van der Waals surface area contributed by atoms with Gasteiger partial charge in [-0.25, -0.2) is 4.98 Å². The molecule has 0 radical (unpaired) electrons. The summed E-state index contributed by atoms with van der Waals surface area (Å²) in [4.78, 5) is 9.21. The fraction of sp³-hybridized carbons (Fsp3) is 0.450. The molecule has 0 bridgehead atoms. The highest BCUT2D eigenvalue weighted by Gasteiger charge is 2.20. The van der Waals surface area contributed by atoms with Crippen LogP contribution in [0.3, 0.4) is 0 Å². The zero-order valence-electron chi connectivity index (χ0n) is 16.7. The van der Waals surface area contributed by atoms with Crippen LogP contribution >= 0.6 is 0 Å². The van der Waals surface area contributed by atoms with Crippen molar-refractivity contribution in [2.75, 3.05) is 32.7 Å². The number of nitrogens with zero attached hydrogens (tertiary/aromatic N) is 4. The van der Waals surface area contributed by atoms with E-state index in [0.29, 0.717) is 29.8 Å². The van der Waals surface area contributed by atoms with E-state index in [1.165, 1.54) is 0 Å². The first-order valence-corrected chi connectivity index (χ1v) is 9.42. The lowest BCUT2D eigenvalue weighted by atomic mass is 10.1. The first-order valence-electron chi connectivity index (χ1n) is 9.42. The van der Waals surface area contributed by atoms with Gasteiger partial charge in [-0.3, -0.25) is 0 Å². The number of rotatable bonds is 6. The van der Waals surface area contributed by atoms with Crippen molar-refractivity contribution in [3.05, 3.63) is 29.7 Å². The van der Waals surface area contributed by atoms with Gasteiger partial charge in [0.1, 0.15) is 5.82 Å². The molecule has 4 rings (SSSR count). The van der Waals surface area contributed by atoms with Crippen molar-refractivity contribution in [1.82, 2.24) is 19.6 Å². The highest BCUT2D eigenvalue weighted by molar-refractivity contribution is 5.81. The summed E-state index contributed by atoms with van der Waals surface area (Å²) in [7, 11) is 3.25. The van der Waals surface area contributed by atoms with Crippen LogP contribution in [-0.2, 0) is 4.74 Å². The van der Waals surface area contributed by atoms with Gasteiger partial charge in [0, 0.05) is 18.7 Å². The van der Waals surface area contributed by atoms with E-state index in [1.54, 1.807) is 18.7 Å². The molecule has 1 atom stereocenters. The van der Waals surface area contributed by atoms with Crippen molar-refractivity contribution in [2.24, 2.45) is 0 Å². The molecule has 1 aromatic carbocycles. The molecule has 148 valence electrons. The quantitative estimate of drug-likeness (QED) is 0.700. The van der Waals surface area contributed by atoms with E-state index in [4.69, 9.17) is 19.3 Å². The third kappa shape index (κ3) is 3.35. The molecule has 3 heterocycles. The number of hydrogen-bond acceptors (Lipinski definition) is 7. The predicted molar refractivity (Wildman–Crippen MR) is 106 cm³/mol. The Labute approximate surface area is 163 Å². The van der Waals surface area contributed by atoms with Crippen LogP contribution in [0.1, 0.15) is 24.4 Å². The van der Waals surface area contributed by atoms with Gasteiger partial charge in [-0.2, -0.15) is 14.6 Å². The van der Waals surface area contributed by atoms with Gasteiger partial charge in [-0.15, -0.1) is 0 Å². The van der Waals surface area contributed by atoms with Crippen LogP contribution in [0.4, 0.5) is 5.95 Å². The number of nitrogens with one attached hydrogen (secondary N) is 1. The maximum atomic E-state index is 5.70. The third-order valence-electron chi connectivity index (χ3n) is 4.96. The number of aryl methyl sites for hydroxylation is 2. The minimum Gasteiger partial charge on any atom is -0.493 e. The Hall–Kier alpha value is -2.87. The molecule has 0 amide bonds. The predicted octanol–water partition coefficient (Wildman–Crippen LogP) is 3.02. The summed E-state index contributed by atoms with van der Waals surface area (Å²) >= 11 is 0. The number of benzene rings is 1. The summed E-state index contributed by atoms with van der Waals surface area (Å²) in [5, 5.41) is 8.07. The Morgan fingerprint density at radius 2 is 2.00 bits per heavy atom. The minimum atomic E-state index is 0.215. The van der Waals surface area contributed by atoms with Crippen molar-refractivity contribution in [3.63, 3.8) is 0 Å². The molecule has 0 aliphatic carbocycles. The maximum Gasteiger partial charge on any atom is 0.227 e. The standard InChI is InChI=1S/C20H25N5O3/c1-12-18(14-7-8-16(26-3)17(10-14)27-4)19-22-13(2)23-20(25(19)24-12)21-11-15-6-5-9-28-15/h7-8,10,15H,5-6,9,11H2,1-4H3,(H,21,22,23). The molecular formula is C20H25N5O3. The van der Waals surface area contributed by atoms with Gasteiger partial charge in [-0.05, 0) is 44.4 Å². The molecule has 8 heteroatoms. The van der Waals surface area contributed by atoms with Gasteiger partial charge in [0.05, 0.1) is 26.0 Å². The second-order valence-corrected chi connectivity index (χ2v) is 6.88. The second kappa shape index (κ2) is 7.63. The van der Waals surface area contributed by atoms with Crippen molar-refractivity contribution in [1.29, 1.82) is 0 Å². The summed E-state index contributed by atoms with van der Waals surface area (Å²) in [6, 6.07) is 5.82. The van der Waals surface area contributed by atoms with Crippen LogP contribution in [0.2, 0.25) is 0 Å². The van der Waals surface area contributed by atoms with Crippen LogP contribution < -0.4 is 14.8 Å². The molecule has 28 heavy (non-hydrogen) atoms. The zero-order valence-corrected chi connectivity index (χ0v) is 16.7. The van der Waals surface area contributed by atoms with Crippen molar-refractivity contribution < 1.29 is 14.2 Å². The van der Waals surface area contributed by atoms with E-state index in [-0.39, 0.29) is 6.10 Å².